The van der Waals surface area contributed by atoms with Crippen LogP contribution >= 0.6 is 11.6 Å². The lowest BCUT2D eigenvalue weighted by Gasteiger charge is -2.13. The molecule has 9 heteroatoms. The molecule has 0 spiro atoms. The van der Waals surface area contributed by atoms with Crippen LogP contribution in [0.25, 0.3) is 0 Å². The summed E-state index contributed by atoms with van der Waals surface area (Å²) >= 11 is 5.92. The van der Waals surface area contributed by atoms with Gasteiger partial charge < -0.3 is 5.32 Å². The van der Waals surface area contributed by atoms with Crippen LogP contribution in [0, 0.1) is 6.92 Å². The summed E-state index contributed by atoms with van der Waals surface area (Å²) in [6, 6.07) is 7.09. The van der Waals surface area contributed by atoms with Gasteiger partial charge in [0.25, 0.3) is 5.91 Å². The van der Waals surface area contributed by atoms with Crippen molar-refractivity contribution in [1.82, 2.24) is 14.8 Å². The first-order chi connectivity index (χ1) is 12.7. The van der Waals surface area contributed by atoms with Gasteiger partial charge in [0, 0.05) is 24.7 Å². The molecule has 3 rings (SSSR count). The second-order valence-electron chi connectivity index (χ2n) is 5.87. The molecule has 2 heterocycles. The molecule has 0 radical (unpaired) electrons. The molecule has 0 saturated heterocycles. The summed E-state index contributed by atoms with van der Waals surface area (Å²) in [6.07, 6.45) is -0.200. The van der Waals surface area contributed by atoms with Crippen LogP contribution in [0.4, 0.5) is 19.0 Å². The van der Waals surface area contributed by atoms with Crippen molar-refractivity contribution in [3.05, 3.63) is 76.2 Å². The SMILES string of the molecule is Cc1ccc(Cn2ccc(NC(=O)c3ccncc3Cl)n2)c(C(F)(F)F)c1. The summed E-state index contributed by atoms with van der Waals surface area (Å²) < 4.78 is 41.0. The lowest BCUT2D eigenvalue weighted by atomic mass is 10.0. The van der Waals surface area contributed by atoms with Gasteiger partial charge in [0.05, 0.1) is 22.7 Å². The maximum absolute atomic E-state index is 13.2. The Morgan fingerprint density at radius 2 is 2.04 bits per heavy atom. The Balaban J connectivity index is 1.78. The number of anilines is 1. The van der Waals surface area contributed by atoms with Crippen LogP contribution in [-0.4, -0.2) is 20.7 Å². The van der Waals surface area contributed by atoms with E-state index in [9.17, 15) is 18.0 Å². The molecule has 140 valence electrons. The molecule has 1 aromatic carbocycles. The number of pyridine rings is 1. The van der Waals surface area contributed by atoms with E-state index in [2.05, 4.69) is 15.4 Å². The number of alkyl halides is 3. The lowest BCUT2D eigenvalue weighted by molar-refractivity contribution is -0.138. The van der Waals surface area contributed by atoms with Crippen molar-refractivity contribution in [1.29, 1.82) is 0 Å². The Labute approximate surface area is 157 Å². The first-order valence-electron chi connectivity index (χ1n) is 7.85. The summed E-state index contributed by atoms with van der Waals surface area (Å²) in [4.78, 5) is 16.0. The normalized spacial score (nSPS) is 11.4. The van der Waals surface area contributed by atoms with Crippen molar-refractivity contribution < 1.29 is 18.0 Å². The van der Waals surface area contributed by atoms with Gasteiger partial charge in [0.15, 0.2) is 5.82 Å². The molecular formula is C18H14ClF3N4O. The summed E-state index contributed by atoms with van der Waals surface area (Å²) in [5.74, 6) is -0.285. The van der Waals surface area contributed by atoms with Crippen LogP contribution < -0.4 is 5.32 Å². The number of carbonyl (C=O) groups is 1. The van der Waals surface area contributed by atoms with Crippen molar-refractivity contribution in [2.24, 2.45) is 0 Å². The zero-order chi connectivity index (χ0) is 19.6. The van der Waals surface area contributed by atoms with Crippen molar-refractivity contribution in [3.8, 4) is 0 Å². The number of amides is 1. The van der Waals surface area contributed by atoms with E-state index in [1.165, 1.54) is 41.5 Å². The summed E-state index contributed by atoms with van der Waals surface area (Å²) in [6.45, 7) is 1.52. The molecule has 0 bridgehead atoms. The minimum Gasteiger partial charge on any atom is -0.305 e. The first-order valence-corrected chi connectivity index (χ1v) is 8.23. The number of rotatable bonds is 4. The molecule has 2 aromatic heterocycles. The van der Waals surface area contributed by atoms with Crippen molar-refractivity contribution in [3.63, 3.8) is 0 Å². The second-order valence-corrected chi connectivity index (χ2v) is 6.27. The zero-order valence-corrected chi connectivity index (χ0v) is 14.8. The fourth-order valence-electron chi connectivity index (χ4n) is 2.53. The average Bonchev–Trinajstić information content (AvgIpc) is 3.03. The smallest absolute Gasteiger partial charge is 0.305 e. The molecule has 0 unspecified atom stereocenters. The van der Waals surface area contributed by atoms with E-state index >= 15 is 0 Å². The van der Waals surface area contributed by atoms with Gasteiger partial charge in [-0.3, -0.25) is 14.5 Å². The quantitative estimate of drug-likeness (QED) is 0.705. The van der Waals surface area contributed by atoms with Crippen molar-refractivity contribution in [2.45, 2.75) is 19.6 Å². The highest BCUT2D eigenvalue weighted by Gasteiger charge is 2.33. The summed E-state index contributed by atoms with van der Waals surface area (Å²) in [5, 5.41) is 6.84. The lowest BCUT2D eigenvalue weighted by Crippen LogP contribution is -2.14. The van der Waals surface area contributed by atoms with E-state index in [1.807, 2.05) is 0 Å². The number of aryl methyl sites for hydroxylation is 1. The number of benzene rings is 1. The van der Waals surface area contributed by atoms with Crippen LogP contribution in [-0.2, 0) is 12.7 Å². The number of hydrogen-bond donors (Lipinski definition) is 1. The second kappa shape index (κ2) is 7.40. The van der Waals surface area contributed by atoms with Gasteiger partial charge in [-0.15, -0.1) is 0 Å². The Morgan fingerprint density at radius 1 is 1.26 bits per heavy atom. The van der Waals surface area contributed by atoms with E-state index < -0.39 is 17.6 Å². The summed E-state index contributed by atoms with van der Waals surface area (Å²) in [7, 11) is 0. The zero-order valence-electron chi connectivity index (χ0n) is 14.1. The minimum absolute atomic E-state index is 0.0823. The highest BCUT2D eigenvalue weighted by atomic mass is 35.5. The van der Waals surface area contributed by atoms with Gasteiger partial charge in [-0.2, -0.15) is 18.3 Å². The fraction of sp³-hybridized carbons (Fsp3) is 0.167. The minimum atomic E-state index is -4.45. The van der Waals surface area contributed by atoms with Gasteiger partial charge >= 0.3 is 6.18 Å². The van der Waals surface area contributed by atoms with Crippen LogP contribution in [0.3, 0.4) is 0 Å². The number of hydrogen-bond acceptors (Lipinski definition) is 3. The molecule has 3 aromatic rings. The largest absolute Gasteiger partial charge is 0.416 e. The highest BCUT2D eigenvalue weighted by molar-refractivity contribution is 6.34. The van der Waals surface area contributed by atoms with E-state index in [1.54, 1.807) is 13.0 Å². The predicted molar refractivity (Wildman–Crippen MR) is 94.7 cm³/mol. The summed E-state index contributed by atoms with van der Waals surface area (Å²) in [5.41, 5.74) is 0.131. The highest BCUT2D eigenvalue weighted by Crippen LogP contribution is 2.33. The van der Waals surface area contributed by atoms with Gasteiger partial charge in [-0.05, 0) is 24.6 Å². The van der Waals surface area contributed by atoms with Gasteiger partial charge in [-0.25, -0.2) is 0 Å². The van der Waals surface area contributed by atoms with Crippen molar-refractivity contribution >= 4 is 23.3 Å². The van der Waals surface area contributed by atoms with E-state index in [0.29, 0.717) is 5.56 Å². The molecule has 0 aliphatic rings. The van der Waals surface area contributed by atoms with Gasteiger partial charge in [0.1, 0.15) is 0 Å². The third-order valence-corrected chi connectivity index (χ3v) is 4.10. The molecule has 5 nitrogen and oxygen atoms in total. The molecule has 0 saturated carbocycles. The Morgan fingerprint density at radius 3 is 2.74 bits per heavy atom. The molecule has 0 aliphatic carbocycles. The van der Waals surface area contributed by atoms with Gasteiger partial charge in [0.2, 0.25) is 0 Å². The van der Waals surface area contributed by atoms with Crippen LogP contribution in [0.5, 0.6) is 0 Å². The molecule has 27 heavy (non-hydrogen) atoms. The van der Waals surface area contributed by atoms with Crippen LogP contribution in [0.1, 0.15) is 27.0 Å². The molecular weight excluding hydrogens is 381 g/mol. The van der Waals surface area contributed by atoms with E-state index in [0.717, 1.165) is 6.07 Å². The van der Waals surface area contributed by atoms with E-state index in [-0.39, 0.29) is 28.5 Å². The third-order valence-electron chi connectivity index (χ3n) is 3.80. The Hall–Kier alpha value is -2.87. The fourth-order valence-corrected chi connectivity index (χ4v) is 2.73. The first kappa shape index (κ1) is 18.9. The average molecular weight is 395 g/mol. The predicted octanol–water partition coefficient (Wildman–Crippen LogP) is 4.56. The molecule has 0 fully saturated rings. The topological polar surface area (TPSA) is 59.8 Å². The number of nitrogens with zero attached hydrogens (tertiary/aromatic N) is 3. The number of halogens is 4. The van der Waals surface area contributed by atoms with Crippen LogP contribution in [0.2, 0.25) is 5.02 Å². The number of nitrogens with one attached hydrogen (secondary N) is 1. The molecule has 0 atom stereocenters. The monoisotopic (exact) mass is 394 g/mol. The Bertz CT molecular complexity index is 985. The Kier molecular flexibility index (Phi) is 5.18. The van der Waals surface area contributed by atoms with Gasteiger partial charge in [-0.1, -0.05) is 29.3 Å². The molecule has 1 N–H and O–H groups in total. The molecule has 0 aliphatic heterocycles. The molecule has 1 amide bonds. The number of aromatic nitrogens is 3. The van der Waals surface area contributed by atoms with Crippen molar-refractivity contribution in [2.75, 3.05) is 5.32 Å². The van der Waals surface area contributed by atoms with E-state index in [4.69, 9.17) is 11.6 Å². The van der Waals surface area contributed by atoms with Crippen LogP contribution in [0.15, 0.2) is 48.9 Å². The number of carbonyl (C=O) groups excluding carboxylic acids is 1. The standard InChI is InChI=1S/C18H14ClF3N4O/c1-11-2-3-12(14(8-11)18(20,21)22)10-26-7-5-16(25-26)24-17(27)13-4-6-23-9-15(13)19/h2-9H,10H2,1H3,(H,24,25,27). The third kappa shape index (κ3) is 4.46. The maximum Gasteiger partial charge on any atom is 0.416 e. The maximum atomic E-state index is 13.2.